The van der Waals surface area contributed by atoms with Crippen molar-refractivity contribution in [2.75, 3.05) is 25.5 Å². The monoisotopic (exact) mass is 343 g/mol. The van der Waals surface area contributed by atoms with Gasteiger partial charge in [0.2, 0.25) is 5.91 Å². The number of nitro groups is 1. The predicted octanol–water partition coefficient (Wildman–Crippen LogP) is 2.68. The quantitative estimate of drug-likeness (QED) is 0.568. The largest absolute Gasteiger partial charge is 0.497 e. The van der Waals surface area contributed by atoms with Crippen molar-refractivity contribution >= 4 is 17.3 Å². The Balaban J connectivity index is 1.79. The van der Waals surface area contributed by atoms with Crippen LogP contribution in [-0.2, 0) is 11.2 Å². The van der Waals surface area contributed by atoms with Crippen molar-refractivity contribution in [3.05, 3.63) is 63.7 Å². The van der Waals surface area contributed by atoms with E-state index in [0.717, 1.165) is 11.3 Å². The number of methoxy groups -OCH3 is 1. The topological polar surface area (TPSA) is 93.5 Å². The minimum absolute atomic E-state index is 0.0323. The normalized spacial score (nSPS) is 10.2. The van der Waals surface area contributed by atoms with E-state index in [4.69, 9.17) is 4.74 Å². The number of anilines is 1. The number of hydrogen-bond donors (Lipinski definition) is 2. The van der Waals surface area contributed by atoms with Crippen LogP contribution in [0, 0.1) is 17.0 Å². The molecule has 2 rings (SSSR count). The van der Waals surface area contributed by atoms with Crippen molar-refractivity contribution in [3.63, 3.8) is 0 Å². The Hall–Kier alpha value is -3.09. The number of nitrogens with one attached hydrogen (secondary N) is 2. The Morgan fingerprint density at radius 3 is 2.56 bits per heavy atom. The van der Waals surface area contributed by atoms with Gasteiger partial charge in [0.15, 0.2) is 0 Å². The lowest BCUT2D eigenvalue weighted by Crippen LogP contribution is -2.31. The van der Waals surface area contributed by atoms with Crippen molar-refractivity contribution in [1.29, 1.82) is 0 Å². The maximum atomic E-state index is 11.9. The van der Waals surface area contributed by atoms with Gasteiger partial charge in [0, 0.05) is 23.9 Å². The molecule has 2 aromatic rings. The number of amides is 1. The zero-order valence-corrected chi connectivity index (χ0v) is 14.2. The number of nitrogens with zero attached hydrogens (tertiary/aromatic N) is 1. The highest BCUT2D eigenvalue weighted by Gasteiger charge is 2.13. The summed E-state index contributed by atoms with van der Waals surface area (Å²) in [7, 11) is 1.62. The van der Waals surface area contributed by atoms with Crippen LogP contribution in [-0.4, -0.2) is 31.0 Å². The van der Waals surface area contributed by atoms with Crippen molar-refractivity contribution in [2.24, 2.45) is 0 Å². The molecule has 2 aromatic carbocycles. The lowest BCUT2D eigenvalue weighted by atomic mass is 10.1. The fraction of sp³-hybridized carbons (Fsp3) is 0.278. The molecule has 0 aliphatic rings. The average Bonchev–Trinajstić information content (AvgIpc) is 2.61. The number of rotatable bonds is 8. The zero-order valence-electron chi connectivity index (χ0n) is 14.2. The summed E-state index contributed by atoms with van der Waals surface area (Å²) in [6.07, 6.45) is 0.714. The highest BCUT2D eigenvalue weighted by molar-refractivity contribution is 5.81. The molecule has 7 nitrogen and oxygen atoms in total. The van der Waals surface area contributed by atoms with Crippen LogP contribution >= 0.6 is 0 Å². The number of nitro benzene ring substituents is 1. The van der Waals surface area contributed by atoms with Gasteiger partial charge in [-0.15, -0.1) is 0 Å². The van der Waals surface area contributed by atoms with E-state index < -0.39 is 4.92 Å². The van der Waals surface area contributed by atoms with E-state index >= 15 is 0 Å². The predicted molar refractivity (Wildman–Crippen MR) is 96.0 cm³/mol. The highest BCUT2D eigenvalue weighted by Crippen LogP contribution is 2.24. The first kappa shape index (κ1) is 18.3. The number of benzene rings is 2. The van der Waals surface area contributed by atoms with Gasteiger partial charge < -0.3 is 15.4 Å². The second-order valence-electron chi connectivity index (χ2n) is 5.51. The van der Waals surface area contributed by atoms with E-state index in [9.17, 15) is 14.9 Å². The summed E-state index contributed by atoms with van der Waals surface area (Å²) in [5, 5.41) is 16.7. The van der Waals surface area contributed by atoms with Gasteiger partial charge in [0.25, 0.3) is 5.69 Å². The van der Waals surface area contributed by atoms with Crippen molar-refractivity contribution in [1.82, 2.24) is 5.32 Å². The Labute approximate surface area is 146 Å². The molecule has 0 radical (unpaired) electrons. The first-order chi connectivity index (χ1) is 12.0. The summed E-state index contributed by atoms with van der Waals surface area (Å²) in [4.78, 5) is 22.4. The van der Waals surface area contributed by atoms with Crippen molar-refractivity contribution < 1.29 is 14.5 Å². The van der Waals surface area contributed by atoms with Crippen LogP contribution in [0.2, 0.25) is 0 Å². The van der Waals surface area contributed by atoms with Crippen LogP contribution in [0.3, 0.4) is 0 Å². The third-order valence-electron chi connectivity index (χ3n) is 3.84. The van der Waals surface area contributed by atoms with Gasteiger partial charge in [-0.25, -0.2) is 0 Å². The SMILES string of the molecule is COc1ccc(CCNC(=O)CNc2cccc([N+](=O)[O-])c2C)cc1. The number of carbonyl (C=O) groups is 1. The van der Waals surface area contributed by atoms with Crippen LogP contribution in [0.1, 0.15) is 11.1 Å². The third kappa shape index (κ3) is 5.20. The van der Waals surface area contributed by atoms with E-state index in [1.807, 2.05) is 24.3 Å². The second-order valence-corrected chi connectivity index (χ2v) is 5.51. The molecule has 0 saturated heterocycles. The summed E-state index contributed by atoms with van der Waals surface area (Å²) < 4.78 is 5.10. The van der Waals surface area contributed by atoms with Gasteiger partial charge in [-0.3, -0.25) is 14.9 Å². The lowest BCUT2D eigenvalue weighted by molar-refractivity contribution is -0.385. The van der Waals surface area contributed by atoms with E-state index in [0.29, 0.717) is 24.2 Å². The van der Waals surface area contributed by atoms with Gasteiger partial charge in [-0.1, -0.05) is 18.2 Å². The van der Waals surface area contributed by atoms with E-state index in [2.05, 4.69) is 10.6 Å². The Bertz CT molecular complexity index is 744. The van der Waals surface area contributed by atoms with E-state index in [-0.39, 0.29) is 18.1 Å². The van der Waals surface area contributed by atoms with Crippen molar-refractivity contribution in [2.45, 2.75) is 13.3 Å². The molecule has 25 heavy (non-hydrogen) atoms. The number of hydrogen-bond acceptors (Lipinski definition) is 5. The fourth-order valence-electron chi connectivity index (χ4n) is 2.39. The zero-order chi connectivity index (χ0) is 18.2. The molecular formula is C18H21N3O4. The molecule has 7 heteroatoms. The molecule has 0 aromatic heterocycles. The smallest absolute Gasteiger partial charge is 0.274 e. The van der Waals surface area contributed by atoms with Crippen LogP contribution in [0.25, 0.3) is 0 Å². The second kappa shape index (κ2) is 8.68. The maximum absolute atomic E-state index is 11.9. The van der Waals surface area contributed by atoms with Crippen molar-refractivity contribution in [3.8, 4) is 5.75 Å². The molecular weight excluding hydrogens is 322 g/mol. The first-order valence-electron chi connectivity index (χ1n) is 7.88. The number of ether oxygens (including phenoxy) is 1. The molecule has 0 spiro atoms. The van der Waals surface area contributed by atoms with Crippen LogP contribution in [0.15, 0.2) is 42.5 Å². The molecule has 132 valence electrons. The molecule has 0 aliphatic heterocycles. The van der Waals surface area contributed by atoms with Gasteiger partial charge in [-0.2, -0.15) is 0 Å². The van der Waals surface area contributed by atoms with Crippen LogP contribution in [0.4, 0.5) is 11.4 Å². The molecule has 0 fully saturated rings. The highest BCUT2D eigenvalue weighted by atomic mass is 16.6. The first-order valence-corrected chi connectivity index (χ1v) is 7.88. The Morgan fingerprint density at radius 1 is 1.20 bits per heavy atom. The minimum Gasteiger partial charge on any atom is -0.497 e. The molecule has 2 N–H and O–H groups in total. The molecule has 1 amide bonds. The van der Waals surface area contributed by atoms with Gasteiger partial charge in [0.1, 0.15) is 5.75 Å². The Kier molecular flexibility index (Phi) is 6.33. The summed E-state index contributed by atoms with van der Waals surface area (Å²) in [5.41, 5.74) is 2.23. The Morgan fingerprint density at radius 2 is 1.92 bits per heavy atom. The van der Waals surface area contributed by atoms with E-state index in [1.165, 1.54) is 6.07 Å². The van der Waals surface area contributed by atoms with E-state index in [1.54, 1.807) is 26.2 Å². The molecule has 0 bridgehead atoms. The standard InChI is InChI=1S/C18H21N3O4/c1-13-16(4-3-5-17(13)21(23)24)20-12-18(22)19-11-10-14-6-8-15(25-2)9-7-14/h3-9,20H,10-12H2,1-2H3,(H,19,22). The summed E-state index contributed by atoms with van der Waals surface area (Å²) in [6, 6.07) is 12.4. The number of carbonyl (C=O) groups excluding carboxylic acids is 1. The molecule has 0 saturated carbocycles. The van der Waals surface area contributed by atoms with Gasteiger partial charge in [-0.05, 0) is 37.1 Å². The molecule has 0 unspecified atom stereocenters. The molecule has 0 atom stereocenters. The summed E-state index contributed by atoms with van der Waals surface area (Å²) >= 11 is 0. The summed E-state index contributed by atoms with van der Waals surface area (Å²) in [6.45, 7) is 2.23. The summed E-state index contributed by atoms with van der Waals surface area (Å²) in [5.74, 6) is 0.628. The van der Waals surface area contributed by atoms with Crippen LogP contribution in [0.5, 0.6) is 5.75 Å². The molecule has 0 aliphatic carbocycles. The molecule has 0 heterocycles. The average molecular weight is 343 g/mol. The van der Waals surface area contributed by atoms with Crippen LogP contribution < -0.4 is 15.4 Å². The lowest BCUT2D eigenvalue weighted by Gasteiger charge is -2.10. The van der Waals surface area contributed by atoms with Gasteiger partial charge in [0.05, 0.1) is 18.6 Å². The maximum Gasteiger partial charge on any atom is 0.274 e. The minimum atomic E-state index is -0.435. The fourth-order valence-corrected chi connectivity index (χ4v) is 2.39. The van der Waals surface area contributed by atoms with Gasteiger partial charge >= 0.3 is 0 Å². The third-order valence-corrected chi connectivity index (χ3v) is 3.84.